The molecule has 1 aliphatic heterocycles. The number of carbonyl (C=O) groups excluding carboxylic acids is 1. The predicted molar refractivity (Wildman–Crippen MR) is 102 cm³/mol. The van der Waals surface area contributed by atoms with Gasteiger partial charge < -0.3 is 14.1 Å². The van der Waals surface area contributed by atoms with Gasteiger partial charge in [-0.3, -0.25) is 4.90 Å². The summed E-state index contributed by atoms with van der Waals surface area (Å²) in [5.41, 5.74) is 0.714. The smallest absolute Gasteiger partial charge is 0.410 e. The first kappa shape index (κ1) is 18.3. The SMILES string of the molecule is C[C@@H]1CN(c2cccc3oc(=O)ccc23)C[C@H](C)N1C(=O)OC(C)(C)C. The summed E-state index contributed by atoms with van der Waals surface area (Å²) >= 11 is 0. The Bertz CT molecular complexity index is 856. The van der Waals surface area contributed by atoms with E-state index >= 15 is 0 Å². The summed E-state index contributed by atoms with van der Waals surface area (Å²) in [6.07, 6.45) is -0.277. The minimum atomic E-state index is -0.513. The van der Waals surface area contributed by atoms with E-state index in [0.29, 0.717) is 18.7 Å². The molecule has 0 saturated carbocycles. The van der Waals surface area contributed by atoms with Gasteiger partial charge in [0, 0.05) is 30.2 Å². The van der Waals surface area contributed by atoms with Crippen molar-refractivity contribution in [3.05, 3.63) is 40.8 Å². The molecule has 1 amide bonds. The summed E-state index contributed by atoms with van der Waals surface area (Å²) < 4.78 is 10.9. The second-order valence-corrected chi connectivity index (χ2v) is 7.93. The molecule has 0 N–H and O–H groups in total. The lowest BCUT2D eigenvalue weighted by molar-refractivity contribution is 0.00568. The fourth-order valence-electron chi connectivity index (χ4n) is 3.55. The second-order valence-electron chi connectivity index (χ2n) is 7.93. The van der Waals surface area contributed by atoms with Crippen LogP contribution in [-0.2, 0) is 4.74 Å². The highest BCUT2D eigenvalue weighted by molar-refractivity contribution is 5.90. The Morgan fingerprint density at radius 2 is 1.77 bits per heavy atom. The minimum absolute atomic E-state index is 0.000392. The molecule has 1 aromatic heterocycles. The Labute approximate surface area is 153 Å². The number of amides is 1. The third kappa shape index (κ3) is 3.69. The number of hydrogen-bond donors (Lipinski definition) is 0. The van der Waals surface area contributed by atoms with Gasteiger partial charge in [0.25, 0.3) is 0 Å². The maximum absolute atomic E-state index is 12.6. The first-order chi connectivity index (χ1) is 12.2. The quantitative estimate of drug-likeness (QED) is 0.729. The number of hydrogen-bond acceptors (Lipinski definition) is 5. The maximum Gasteiger partial charge on any atom is 0.410 e. The third-order valence-electron chi connectivity index (χ3n) is 4.50. The summed E-state index contributed by atoms with van der Waals surface area (Å²) in [5, 5.41) is 0.900. The zero-order chi connectivity index (χ0) is 19.1. The van der Waals surface area contributed by atoms with Gasteiger partial charge in [0.2, 0.25) is 0 Å². The van der Waals surface area contributed by atoms with Crippen LogP contribution in [0.2, 0.25) is 0 Å². The van der Waals surface area contributed by atoms with Crippen LogP contribution < -0.4 is 10.5 Å². The highest BCUT2D eigenvalue weighted by Crippen LogP contribution is 2.30. The van der Waals surface area contributed by atoms with E-state index in [1.807, 2.05) is 51.7 Å². The fourth-order valence-corrected chi connectivity index (χ4v) is 3.55. The second kappa shape index (κ2) is 6.67. The van der Waals surface area contributed by atoms with Gasteiger partial charge in [-0.05, 0) is 52.8 Å². The van der Waals surface area contributed by atoms with Gasteiger partial charge in [0.1, 0.15) is 11.2 Å². The van der Waals surface area contributed by atoms with Crippen LogP contribution in [0.15, 0.2) is 39.5 Å². The average Bonchev–Trinajstić information content (AvgIpc) is 2.51. The van der Waals surface area contributed by atoms with Crippen LogP contribution in [0.25, 0.3) is 11.0 Å². The molecule has 1 fully saturated rings. The van der Waals surface area contributed by atoms with E-state index in [9.17, 15) is 9.59 Å². The van der Waals surface area contributed by atoms with Crippen LogP contribution in [0.3, 0.4) is 0 Å². The number of ether oxygens (including phenoxy) is 1. The molecule has 0 aliphatic carbocycles. The van der Waals surface area contributed by atoms with Gasteiger partial charge in [-0.2, -0.15) is 0 Å². The topological polar surface area (TPSA) is 63.0 Å². The van der Waals surface area contributed by atoms with Gasteiger partial charge in [0.05, 0.1) is 12.1 Å². The zero-order valence-electron chi connectivity index (χ0n) is 16.0. The summed E-state index contributed by atoms with van der Waals surface area (Å²) in [6, 6.07) is 8.94. The average molecular weight is 358 g/mol. The van der Waals surface area contributed by atoms with Gasteiger partial charge in [-0.25, -0.2) is 9.59 Å². The molecule has 2 heterocycles. The largest absolute Gasteiger partial charge is 0.444 e. The summed E-state index contributed by atoms with van der Waals surface area (Å²) in [5.74, 6) is 0. The van der Waals surface area contributed by atoms with Crippen molar-refractivity contribution in [2.45, 2.75) is 52.3 Å². The Kier molecular flexibility index (Phi) is 4.69. The monoisotopic (exact) mass is 358 g/mol. The predicted octanol–water partition coefficient (Wildman–Crippen LogP) is 3.63. The summed E-state index contributed by atoms with van der Waals surface area (Å²) in [6.45, 7) is 11.0. The van der Waals surface area contributed by atoms with Crippen molar-refractivity contribution in [2.24, 2.45) is 0 Å². The number of piperazine rings is 1. The Morgan fingerprint density at radius 3 is 2.38 bits per heavy atom. The van der Waals surface area contributed by atoms with Crippen LogP contribution in [0.1, 0.15) is 34.6 Å². The van der Waals surface area contributed by atoms with Crippen molar-refractivity contribution in [3.8, 4) is 0 Å². The molecule has 140 valence electrons. The molecular weight excluding hydrogens is 332 g/mol. The van der Waals surface area contributed by atoms with Gasteiger partial charge in [-0.1, -0.05) is 6.07 Å². The van der Waals surface area contributed by atoms with Crippen molar-refractivity contribution in [2.75, 3.05) is 18.0 Å². The number of nitrogens with zero attached hydrogens (tertiary/aromatic N) is 2. The Morgan fingerprint density at radius 1 is 1.12 bits per heavy atom. The van der Waals surface area contributed by atoms with Crippen molar-refractivity contribution in [1.29, 1.82) is 0 Å². The molecule has 2 aromatic rings. The Hall–Kier alpha value is -2.50. The molecule has 0 radical (unpaired) electrons. The molecule has 0 bridgehead atoms. The van der Waals surface area contributed by atoms with Crippen LogP contribution in [0.4, 0.5) is 10.5 Å². The van der Waals surface area contributed by atoms with Crippen molar-refractivity contribution in [3.63, 3.8) is 0 Å². The van der Waals surface area contributed by atoms with Crippen molar-refractivity contribution >= 4 is 22.7 Å². The minimum Gasteiger partial charge on any atom is -0.444 e. The number of carbonyl (C=O) groups is 1. The van der Waals surface area contributed by atoms with E-state index in [1.54, 1.807) is 12.1 Å². The van der Waals surface area contributed by atoms with Gasteiger partial charge in [-0.15, -0.1) is 0 Å². The summed E-state index contributed by atoms with van der Waals surface area (Å²) in [4.78, 5) is 28.1. The normalized spacial score (nSPS) is 21.1. The molecule has 26 heavy (non-hydrogen) atoms. The van der Waals surface area contributed by atoms with E-state index in [-0.39, 0.29) is 23.8 Å². The molecule has 2 atom stereocenters. The number of anilines is 1. The third-order valence-corrected chi connectivity index (χ3v) is 4.50. The highest BCUT2D eigenvalue weighted by Gasteiger charge is 2.36. The van der Waals surface area contributed by atoms with Gasteiger partial charge >= 0.3 is 11.7 Å². The van der Waals surface area contributed by atoms with Crippen LogP contribution >= 0.6 is 0 Å². The first-order valence-corrected chi connectivity index (χ1v) is 8.95. The van der Waals surface area contributed by atoms with Crippen molar-refractivity contribution < 1.29 is 13.9 Å². The fraction of sp³-hybridized carbons (Fsp3) is 0.500. The molecule has 1 saturated heterocycles. The molecule has 0 unspecified atom stereocenters. The maximum atomic E-state index is 12.6. The molecular formula is C20H26N2O4. The van der Waals surface area contributed by atoms with Gasteiger partial charge in [0.15, 0.2) is 0 Å². The number of rotatable bonds is 1. The highest BCUT2D eigenvalue weighted by atomic mass is 16.6. The molecule has 1 aromatic carbocycles. The molecule has 3 rings (SSSR count). The summed E-state index contributed by atoms with van der Waals surface area (Å²) in [7, 11) is 0. The Balaban J connectivity index is 1.86. The van der Waals surface area contributed by atoms with Crippen LogP contribution in [0, 0.1) is 0 Å². The first-order valence-electron chi connectivity index (χ1n) is 8.95. The van der Waals surface area contributed by atoms with Crippen molar-refractivity contribution in [1.82, 2.24) is 4.90 Å². The molecule has 0 spiro atoms. The molecule has 6 nitrogen and oxygen atoms in total. The number of benzene rings is 1. The standard InChI is InChI=1S/C20H26N2O4/c1-13-11-21(12-14(2)22(13)19(24)26-20(3,4)5)16-7-6-8-17-15(16)9-10-18(23)25-17/h6-10,13-14H,11-12H2,1-5H3/t13-,14+. The van der Waals surface area contributed by atoms with E-state index in [1.165, 1.54) is 6.07 Å². The molecule has 1 aliphatic rings. The number of fused-ring (bicyclic) bond motifs is 1. The lowest BCUT2D eigenvalue weighted by Crippen LogP contribution is -2.59. The molecule has 6 heteroatoms. The van der Waals surface area contributed by atoms with Crippen LogP contribution in [0.5, 0.6) is 0 Å². The lowest BCUT2D eigenvalue weighted by atomic mass is 10.1. The van der Waals surface area contributed by atoms with E-state index in [0.717, 1.165) is 11.1 Å². The van der Waals surface area contributed by atoms with E-state index < -0.39 is 5.60 Å². The van der Waals surface area contributed by atoms with E-state index in [4.69, 9.17) is 9.15 Å². The van der Waals surface area contributed by atoms with E-state index in [2.05, 4.69) is 4.90 Å². The van der Waals surface area contributed by atoms with Crippen LogP contribution in [-0.4, -0.2) is 41.8 Å². The lowest BCUT2D eigenvalue weighted by Gasteiger charge is -2.45. The zero-order valence-corrected chi connectivity index (χ0v) is 16.0.